The van der Waals surface area contributed by atoms with Gasteiger partial charge in [-0.05, 0) is 61.8 Å². The summed E-state index contributed by atoms with van der Waals surface area (Å²) in [5, 5.41) is 19.8. The van der Waals surface area contributed by atoms with Gasteiger partial charge in [-0.2, -0.15) is 5.26 Å². The molecule has 0 amide bonds. The van der Waals surface area contributed by atoms with Crippen molar-refractivity contribution in [3.63, 3.8) is 0 Å². The molecule has 0 spiro atoms. The van der Waals surface area contributed by atoms with E-state index in [1.54, 1.807) is 19.1 Å². The Balaban J connectivity index is 1.46. The van der Waals surface area contributed by atoms with Gasteiger partial charge in [-0.15, -0.1) is 0 Å². The highest BCUT2D eigenvalue weighted by Gasteiger charge is 2.18. The number of aromatic hydroxyl groups is 1. The van der Waals surface area contributed by atoms with E-state index in [0.717, 1.165) is 50.1 Å². The van der Waals surface area contributed by atoms with Crippen LogP contribution in [0.3, 0.4) is 0 Å². The standard InChI is InChI=1S/C24H25N3O3/c1-17-22(28)8-7-21-20(13-23(29)30-24(17)21)16-27-10-2-9-26(11-12-27)15-19-5-3-18(14-25)4-6-19/h3-8,13,28H,2,9-12,15-16H2,1H3. The van der Waals surface area contributed by atoms with Gasteiger partial charge >= 0.3 is 5.63 Å². The number of fused-ring (bicyclic) bond motifs is 1. The smallest absolute Gasteiger partial charge is 0.336 e. The van der Waals surface area contributed by atoms with Crippen molar-refractivity contribution >= 4 is 11.0 Å². The molecule has 0 aliphatic carbocycles. The molecule has 2 aromatic carbocycles. The van der Waals surface area contributed by atoms with Crippen molar-refractivity contribution in [2.45, 2.75) is 26.4 Å². The first-order chi connectivity index (χ1) is 14.5. The van der Waals surface area contributed by atoms with Crippen LogP contribution in [0.15, 0.2) is 51.7 Å². The fourth-order valence-corrected chi connectivity index (χ4v) is 4.07. The van der Waals surface area contributed by atoms with E-state index >= 15 is 0 Å². The van der Waals surface area contributed by atoms with Crippen LogP contribution in [0.2, 0.25) is 0 Å². The molecule has 0 unspecified atom stereocenters. The summed E-state index contributed by atoms with van der Waals surface area (Å²) in [6.45, 7) is 7.14. The molecule has 1 fully saturated rings. The highest BCUT2D eigenvalue weighted by molar-refractivity contribution is 5.84. The molecule has 0 atom stereocenters. The van der Waals surface area contributed by atoms with Gasteiger partial charge in [0.25, 0.3) is 0 Å². The van der Waals surface area contributed by atoms with Crippen molar-refractivity contribution in [3.8, 4) is 11.8 Å². The number of nitrogens with zero attached hydrogens (tertiary/aromatic N) is 3. The predicted molar refractivity (Wildman–Crippen MR) is 115 cm³/mol. The Bertz CT molecular complexity index is 1150. The summed E-state index contributed by atoms with van der Waals surface area (Å²) in [5.74, 6) is 0.135. The van der Waals surface area contributed by atoms with Crippen LogP contribution in [-0.2, 0) is 13.1 Å². The summed E-state index contributed by atoms with van der Waals surface area (Å²) < 4.78 is 5.37. The van der Waals surface area contributed by atoms with E-state index in [2.05, 4.69) is 15.9 Å². The fraction of sp³-hybridized carbons (Fsp3) is 0.333. The number of phenolic OH excluding ortho intramolecular Hbond substituents is 1. The van der Waals surface area contributed by atoms with E-state index in [1.807, 2.05) is 30.3 Å². The molecular weight excluding hydrogens is 378 g/mol. The number of benzene rings is 2. The van der Waals surface area contributed by atoms with E-state index in [4.69, 9.17) is 9.68 Å². The lowest BCUT2D eigenvalue weighted by molar-refractivity contribution is 0.247. The average Bonchev–Trinajstić information content (AvgIpc) is 2.96. The molecular formula is C24H25N3O3. The molecule has 154 valence electrons. The molecule has 1 aromatic heterocycles. The molecule has 0 radical (unpaired) electrons. The summed E-state index contributed by atoms with van der Waals surface area (Å²) in [7, 11) is 0. The maximum absolute atomic E-state index is 12.1. The van der Waals surface area contributed by atoms with Crippen LogP contribution < -0.4 is 5.63 Å². The minimum absolute atomic E-state index is 0.135. The van der Waals surface area contributed by atoms with Crippen LogP contribution in [-0.4, -0.2) is 41.1 Å². The molecule has 0 bridgehead atoms. The van der Waals surface area contributed by atoms with Crippen molar-refractivity contribution in [2.24, 2.45) is 0 Å². The summed E-state index contributed by atoms with van der Waals surface area (Å²) in [6.07, 6.45) is 1.05. The molecule has 1 N–H and O–H groups in total. The van der Waals surface area contributed by atoms with Crippen molar-refractivity contribution in [1.29, 1.82) is 5.26 Å². The van der Waals surface area contributed by atoms with Crippen molar-refractivity contribution in [3.05, 3.63) is 75.1 Å². The maximum atomic E-state index is 12.1. The minimum atomic E-state index is -0.386. The van der Waals surface area contributed by atoms with Crippen LogP contribution in [0.25, 0.3) is 11.0 Å². The van der Waals surface area contributed by atoms with E-state index in [9.17, 15) is 9.90 Å². The molecule has 6 nitrogen and oxygen atoms in total. The first-order valence-corrected chi connectivity index (χ1v) is 10.2. The number of nitriles is 1. The lowest BCUT2D eigenvalue weighted by Gasteiger charge is -2.22. The van der Waals surface area contributed by atoms with Gasteiger partial charge in [-0.1, -0.05) is 12.1 Å². The third kappa shape index (κ3) is 4.38. The summed E-state index contributed by atoms with van der Waals surface area (Å²) in [5.41, 5.74) is 3.51. The Kier molecular flexibility index (Phi) is 5.84. The average molecular weight is 403 g/mol. The number of phenols is 1. The van der Waals surface area contributed by atoms with Gasteiger partial charge in [0.05, 0.1) is 11.6 Å². The van der Waals surface area contributed by atoms with Crippen LogP contribution in [0, 0.1) is 18.3 Å². The molecule has 6 heteroatoms. The Morgan fingerprint density at radius 1 is 1.03 bits per heavy atom. The van der Waals surface area contributed by atoms with Gasteiger partial charge in [0.1, 0.15) is 11.3 Å². The molecule has 0 saturated carbocycles. The molecule has 30 heavy (non-hydrogen) atoms. The predicted octanol–water partition coefficient (Wildman–Crippen LogP) is 3.39. The Labute approximate surface area is 175 Å². The molecule has 3 aromatic rings. The lowest BCUT2D eigenvalue weighted by atomic mass is 10.1. The van der Waals surface area contributed by atoms with Gasteiger partial charge in [0, 0.05) is 43.2 Å². The zero-order valence-corrected chi connectivity index (χ0v) is 17.1. The summed E-state index contributed by atoms with van der Waals surface area (Å²) in [4.78, 5) is 16.9. The van der Waals surface area contributed by atoms with Crippen molar-refractivity contribution in [2.75, 3.05) is 26.2 Å². The fourth-order valence-electron chi connectivity index (χ4n) is 4.07. The zero-order valence-electron chi connectivity index (χ0n) is 17.1. The number of hydrogen-bond acceptors (Lipinski definition) is 6. The second-order valence-corrected chi connectivity index (χ2v) is 7.89. The topological polar surface area (TPSA) is 80.7 Å². The lowest BCUT2D eigenvalue weighted by Crippen LogP contribution is -2.30. The molecule has 4 rings (SSSR count). The van der Waals surface area contributed by atoms with E-state index in [-0.39, 0.29) is 11.4 Å². The molecule has 1 aliphatic rings. The van der Waals surface area contributed by atoms with Crippen LogP contribution >= 0.6 is 0 Å². The number of hydrogen-bond donors (Lipinski definition) is 1. The van der Waals surface area contributed by atoms with Gasteiger partial charge in [-0.3, -0.25) is 9.80 Å². The van der Waals surface area contributed by atoms with Crippen LogP contribution in [0.4, 0.5) is 0 Å². The van der Waals surface area contributed by atoms with Crippen LogP contribution in [0.5, 0.6) is 5.75 Å². The van der Waals surface area contributed by atoms with Gasteiger partial charge in [0.15, 0.2) is 0 Å². The number of rotatable bonds is 4. The largest absolute Gasteiger partial charge is 0.508 e. The van der Waals surface area contributed by atoms with Gasteiger partial charge in [-0.25, -0.2) is 4.79 Å². The van der Waals surface area contributed by atoms with Crippen molar-refractivity contribution in [1.82, 2.24) is 9.80 Å². The van der Waals surface area contributed by atoms with E-state index < -0.39 is 0 Å². The quantitative estimate of drug-likeness (QED) is 0.673. The monoisotopic (exact) mass is 403 g/mol. The number of aryl methyl sites for hydroxylation is 1. The zero-order chi connectivity index (χ0) is 21.1. The molecule has 1 aliphatic heterocycles. The summed E-state index contributed by atoms with van der Waals surface area (Å²) in [6, 6.07) is 15.0. The van der Waals surface area contributed by atoms with Crippen molar-refractivity contribution < 1.29 is 9.52 Å². The first kappa shape index (κ1) is 20.1. The Hall–Kier alpha value is -3.14. The normalized spacial score (nSPS) is 15.7. The van der Waals surface area contributed by atoms with Gasteiger partial charge < -0.3 is 9.52 Å². The molecule has 2 heterocycles. The Morgan fingerprint density at radius 3 is 2.43 bits per heavy atom. The second kappa shape index (κ2) is 8.70. The van der Waals surface area contributed by atoms with Gasteiger partial charge in [0.2, 0.25) is 0 Å². The highest BCUT2D eigenvalue weighted by Crippen LogP contribution is 2.28. The first-order valence-electron chi connectivity index (χ1n) is 10.2. The minimum Gasteiger partial charge on any atom is -0.508 e. The second-order valence-electron chi connectivity index (χ2n) is 7.89. The Morgan fingerprint density at radius 2 is 1.73 bits per heavy atom. The van der Waals surface area contributed by atoms with E-state index in [1.165, 1.54) is 5.56 Å². The molecule has 1 saturated heterocycles. The van der Waals surface area contributed by atoms with Crippen LogP contribution in [0.1, 0.15) is 28.7 Å². The van der Waals surface area contributed by atoms with E-state index in [0.29, 0.717) is 23.3 Å². The third-order valence-corrected chi connectivity index (χ3v) is 5.78. The third-order valence-electron chi connectivity index (χ3n) is 5.78. The SMILES string of the molecule is Cc1c(O)ccc2c(CN3CCCN(Cc4ccc(C#N)cc4)CC3)cc(=O)oc12. The highest BCUT2D eigenvalue weighted by atomic mass is 16.4. The summed E-state index contributed by atoms with van der Waals surface area (Å²) >= 11 is 0. The maximum Gasteiger partial charge on any atom is 0.336 e.